The van der Waals surface area contributed by atoms with Crippen LogP contribution in [-0.4, -0.2) is 37.8 Å². The van der Waals surface area contributed by atoms with Crippen molar-refractivity contribution in [2.75, 3.05) is 19.1 Å². The number of oxime groups is 1. The van der Waals surface area contributed by atoms with Crippen LogP contribution in [0.25, 0.3) is 0 Å². The molecule has 2 aromatic rings. The van der Waals surface area contributed by atoms with Crippen molar-refractivity contribution in [1.82, 2.24) is 0 Å². The van der Waals surface area contributed by atoms with Crippen molar-refractivity contribution in [3.8, 4) is 11.5 Å². The van der Waals surface area contributed by atoms with E-state index in [1.54, 1.807) is 24.3 Å². The van der Waals surface area contributed by atoms with Gasteiger partial charge in [-0.05, 0) is 36.4 Å². The standard InChI is InChI=1S/C19H14Cl2N2O5/c1-26-13-6-3-9(7-14(13)27-2)16-15-17(28-22-16)19(25)23(18(15)24)12-8-10(20)4-5-11(12)21/h3-8,15,17H,1-2H3/t15-,17+/m0/s1. The van der Waals surface area contributed by atoms with E-state index in [0.29, 0.717) is 27.8 Å². The van der Waals surface area contributed by atoms with Crippen LogP contribution in [0.1, 0.15) is 5.56 Å². The smallest absolute Gasteiger partial charge is 0.279 e. The summed E-state index contributed by atoms with van der Waals surface area (Å²) in [5.74, 6) is -0.912. The highest BCUT2D eigenvalue weighted by Crippen LogP contribution is 2.39. The number of hydrogen-bond acceptors (Lipinski definition) is 6. The van der Waals surface area contributed by atoms with E-state index in [4.69, 9.17) is 37.5 Å². The van der Waals surface area contributed by atoms with Crippen LogP contribution in [0.5, 0.6) is 11.5 Å². The number of ether oxygens (including phenoxy) is 2. The third-order valence-electron chi connectivity index (χ3n) is 4.64. The van der Waals surface area contributed by atoms with Gasteiger partial charge in [-0.2, -0.15) is 0 Å². The van der Waals surface area contributed by atoms with E-state index in [-0.39, 0.29) is 10.7 Å². The van der Waals surface area contributed by atoms with Gasteiger partial charge in [0, 0.05) is 10.6 Å². The van der Waals surface area contributed by atoms with Crippen LogP contribution in [0, 0.1) is 5.92 Å². The highest BCUT2D eigenvalue weighted by molar-refractivity contribution is 6.39. The van der Waals surface area contributed by atoms with Crippen molar-refractivity contribution in [1.29, 1.82) is 0 Å². The maximum Gasteiger partial charge on any atom is 0.279 e. The first-order valence-corrected chi connectivity index (χ1v) is 9.01. The second-order valence-electron chi connectivity index (χ2n) is 6.16. The van der Waals surface area contributed by atoms with Gasteiger partial charge in [0.05, 0.1) is 24.9 Å². The first-order valence-electron chi connectivity index (χ1n) is 8.25. The number of rotatable bonds is 4. The number of methoxy groups -OCH3 is 2. The zero-order valence-corrected chi connectivity index (χ0v) is 16.3. The number of fused-ring (bicyclic) bond motifs is 1. The molecule has 28 heavy (non-hydrogen) atoms. The first kappa shape index (κ1) is 18.6. The van der Waals surface area contributed by atoms with E-state index in [9.17, 15) is 9.59 Å². The number of halogens is 2. The minimum Gasteiger partial charge on any atom is -0.493 e. The number of hydrogen-bond donors (Lipinski definition) is 0. The molecule has 0 bridgehead atoms. The van der Waals surface area contributed by atoms with Gasteiger partial charge in [-0.25, -0.2) is 4.90 Å². The van der Waals surface area contributed by atoms with Crippen molar-refractivity contribution in [3.63, 3.8) is 0 Å². The van der Waals surface area contributed by atoms with Crippen LogP contribution in [0.2, 0.25) is 10.0 Å². The van der Waals surface area contributed by atoms with Gasteiger partial charge >= 0.3 is 0 Å². The molecule has 2 heterocycles. The molecule has 144 valence electrons. The van der Waals surface area contributed by atoms with Crippen molar-refractivity contribution < 1.29 is 23.9 Å². The molecule has 0 radical (unpaired) electrons. The highest BCUT2D eigenvalue weighted by atomic mass is 35.5. The zero-order valence-electron chi connectivity index (χ0n) is 14.8. The maximum atomic E-state index is 13.1. The summed E-state index contributed by atoms with van der Waals surface area (Å²) in [6.07, 6.45) is -1.05. The average molecular weight is 421 g/mol. The predicted octanol–water partition coefficient (Wildman–Crippen LogP) is 3.30. The molecule has 4 rings (SSSR count). The lowest BCUT2D eigenvalue weighted by Gasteiger charge is -2.17. The number of amides is 2. The molecule has 2 aliphatic rings. The summed E-state index contributed by atoms with van der Waals surface area (Å²) in [6.45, 7) is 0. The van der Waals surface area contributed by atoms with Gasteiger partial charge in [0.15, 0.2) is 11.5 Å². The Morgan fingerprint density at radius 1 is 1.00 bits per heavy atom. The molecule has 0 saturated carbocycles. The minimum absolute atomic E-state index is 0.217. The molecule has 0 aliphatic carbocycles. The average Bonchev–Trinajstić information content (AvgIpc) is 3.24. The fourth-order valence-corrected chi connectivity index (χ4v) is 3.67. The van der Waals surface area contributed by atoms with Crippen molar-refractivity contribution >= 4 is 46.4 Å². The van der Waals surface area contributed by atoms with E-state index in [1.807, 2.05) is 0 Å². The monoisotopic (exact) mass is 420 g/mol. The largest absolute Gasteiger partial charge is 0.493 e. The summed E-state index contributed by atoms with van der Waals surface area (Å²) in [5, 5.41) is 4.57. The normalized spacial score (nSPS) is 20.7. The quantitative estimate of drug-likeness (QED) is 0.709. The molecule has 2 amide bonds. The minimum atomic E-state index is -1.05. The Bertz CT molecular complexity index is 1020. The Kier molecular flexibility index (Phi) is 4.64. The number of anilines is 1. The van der Waals surface area contributed by atoms with E-state index in [1.165, 1.54) is 26.4 Å². The Labute approximate surface area is 170 Å². The molecular weight excluding hydrogens is 407 g/mol. The number of imide groups is 1. The summed E-state index contributed by atoms with van der Waals surface area (Å²) in [6, 6.07) is 9.66. The molecule has 1 fully saturated rings. The van der Waals surface area contributed by atoms with Gasteiger partial charge < -0.3 is 14.3 Å². The van der Waals surface area contributed by atoms with Crippen LogP contribution in [0.3, 0.4) is 0 Å². The van der Waals surface area contributed by atoms with E-state index >= 15 is 0 Å². The number of carbonyl (C=O) groups is 2. The van der Waals surface area contributed by atoms with E-state index in [2.05, 4.69) is 5.16 Å². The molecule has 0 spiro atoms. The van der Waals surface area contributed by atoms with Gasteiger partial charge in [-0.15, -0.1) is 0 Å². The lowest BCUT2D eigenvalue weighted by Crippen LogP contribution is -2.33. The number of benzene rings is 2. The van der Waals surface area contributed by atoms with Crippen LogP contribution >= 0.6 is 23.2 Å². The molecule has 0 N–H and O–H groups in total. The molecular formula is C19H14Cl2N2O5. The summed E-state index contributed by atoms with van der Waals surface area (Å²) in [4.78, 5) is 32.2. The van der Waals surface area contributed by atoms with Gasteiger partial charge in [0.1, 0.15) is 11.6 Å². The fraction of sp³-hybridized carbons (Fsp3) is 0.211. The highest BCUT2D eigenvalue weighted by Gasteiger charge is 2.56. The van der Waals surface area contributed by atoms with Crippen LogP contribution < -0.4 is 14.4 Å². The van der Waals surface area contributed by atoms with Crippen molar-refractivity contribution in [2.24, 2.45) is 11.1 Å². The van der Waals surface area contributed by atoms with Crippen molar-refractivity contribution in [3.05, 3.63) is 52.0 Å². The van der Waals surface area contributed by atoms with E-state index in [0.717, 1.165) is 4.90 Å². The second kappa shape index (κ2) is 7.00. The Hall–Kier alpha value is -2.77. The van der Waals surface area contributed by atoms with Crippen LogP contribution in [-0.2, 0) is 14.4 Å². The SMILES string of the molecule is COc1ccc(C2=NO[C@H]3C(=O)N(c4cc(Cl)ccc4Cl)C(=O)[C@@H]23)cc1OC. The molecule has 2 atom stereocenters. The molecule has 7 nitrogen and oxygen atoms in total. The van der Waals surface area contributed by atoms with Gasteiger partial charge in [-0.3, -0.25) is 9.59 Å². The second-order valence-corrected chi connectivity index (χ2v) is 7.00. The summed E-state index contributed by atoms with van der Waals surface area (Å²) in [5.41, 5.74) is 1.14. The third kappa shape index (κ3) is 2.78. The van der Waals surface area contributed by atoms with Gasteiger partial charge in [-0.1, -0.05) is 28.4 Å². The third-order valence-corrected chi connectivity index (χ3v) is 5.20. The molecule has 1 saturated heterocycles. The van der Waals surface area contributed by atoms with E-state index < -0.39 is 23.8 Å². The number of carbonyl (C=O) groups excluding carboxylic acids is 2. The van der Waals surface area contributed by atoms with Crippen LogP contribution in [0.4, 0.5) is 5.69 Å². The Balaban J connectivity index is 1.72. The molecule has 2 aliphatic heterocycles. The number of nitrogens with zero attached hydrogens (tertiary/aromatic N) is 2. The topological polar surface area (TPSA) is 77.4 Å². The molecule has 0 aromatic heterocycles. The van der Waals surface area contributed by atoms with Gasteiger partial charge in [0.25, 0.3) is 5.91 Å². The molecule has 0 unspecified atom stereocenters. The lowest BCUT2D eigenvalue weighted by atomic mass is 9.94. The molecule has 2 aromatic carbocycles. The molecule has 9 heteroatoms. The zero-order chi connectivity index (χ0) is 20.0. The Morgan fingerprint density at radius 3 is 2.46 bits per heavy atom. The summed E-state index contributed by atoms with van der Waals surface area (Å²) >= 11 is 12.2. The summed E-state index contributed by atoms with van der Waals surface area (Å²) in [7, 11) is 3.03. The van der Waals surface area contributed by atoms with Gasteiger partial charge in [0.2, 0.25) is 12.0 Å². The predicted molar refractivity (Wildman–Crippen MR) is 103 cm³/mol. The first-order chi connectivity index (χ1) is 13.5. The Morgan fingerprint density at radius 2 is 1.75 bits per heavy atom. The fourth-order valence-electron chi connectivity index (χ4n) is 3.31. The lowest BCUT2D eigenvalue weighted by molar-refractivity contribution is -0.126. The maximum absolute atomic E-state index is 13.1. The van der Waals surface area contributed by atoms with Crippen LogP contribution in [0.15, 0.2) is 41.6 Å². The van der Waals surface area contributed by atoms with Crippen molar-refractivity contribution in [2.45, 2.75) is 6.10 Å². The summed E-state index contributed by atoms with van der Waals surface area (Å²) < 4.78 is 10.5.